The summed E-state index contributed by atoms with van der Waals surface area (Å²) in [5.41, 5.74) is 0.935. The molecule has 0 aliphatic heterocycles. The topological polar surface area (TPSA) is 34.4 Å². The molecule has 0 fully saturated rings. The van der Waals surface area contributed by atoms with Crippen molar-refractivity contribution in [2.45, 2.75) is 13.0 Å². The van der Waals surface area contributed by atoms with Gasteiger partial charge in [0.2, 0.25) is 0 Å². The smallest absolute Gasteiger partial charge is 0.150 e. The van der Waals surface area contributed by atoms with E-state index in [0.717, 1.165) is 22.9 Å². The summed E-state index contributed by atoms with van der Waals surface area (Å²) in [5, 5.41) is 3.41. The van der Waals surface area contributed by atoms with E-state index in [-0.39, 0.29) is 6.04 Å². The summed E-state index contributed by atoms with van der Waals surface area (Å²) in [4.78, 5) is 0. The number of benzene rings is 2. The molecule has 3 heteroatoms. The number of hydrogen-bond acceptors (Lipinski definition) is 3. The van der Waals surface area contributed by atoms with Gasteiger partial charge in [-0.15, -0.1) is 0 Å². The van der Waals surface area contributed by atoms with Gasteiger partial charge in [-0.1, -0.05) is 30.3 Å². The molecule has 0 amide bonds. The summed E-state index contributed by atoms with van der Waals surface area (Å²) < 4.78 is 11.4. The lowest BCUT2D eigenvalue weighted by Gasteiger charge is -2.16. The molecule has 2 aromatic carbocycles. The fraction of sp³-hybridized carbons (Fsp3) is 0.111. The number of anilines is 1. The first-order valence-corrected chi connectivity index (χ1v) is 6.95. The Morgan fingerprint density at radius 3 is 2.43 bits per heavy atom. The highest BCUT2D eigenvalue weighted by Crippen LogP contribution is 2.31. The molecule has 3 nitrogen and oxygen atoms in total. The summed E-state index contributed by atoms with van der Waals surface area (Å²) in [5.74, 6) is 2.50. The van der Waals surface area contributed by atoms with E-state index in [0.29, 0.717) is 0 Å². The predicted molar refractivity (Wildman–Crippen MR) is 83.7 cm³/mol. The summed E-state index contributed by atoms with van der Waals surface area (Å²) in [6.07, 6.45) is 1.68. The highest BCUT2D eigenvalue weighted by Gasteiger charge is 2.11. The third-order valence-electron chi connectivity index (χ3n) is 3.20. The van der Waals surface area contributed by atoms with Crippen molar-refractivity contribution >= 4 is 5.69 Å². The number of para-hydroxylation sites is 3. The average Bonchev–Trinajstić information content (AvgIpc) is 3.05. The third kappa shape index (κ3) is 3.26. The molecule has 1 aromatic heterocycles. The van der Waals surface area contributed by atoms with Gasteiger partial charge in [-0.2, -0.15) is 0 Å². The number of nitrogens with one attached hydrogen (secondary N) is 1. The summed E-state index contributed by atoms with van der Waals surface area (Å²) in [7, 11) is 0. The lowest BCUT2D eigenvalue weighted by molar-refractivity contribution is 0.477. The molecule has 0 aliphatic rings. The van der Waals surface area contributed by atoms with E-state index in [1.165, 1.54) is 0 Å². The van der Waals surface area contributed by atoms with Crippen molar-refractivity contribution in [3.05, 3.63) is 78.8 Å². The van der Waals surface area contributed by atoms with Crippen molar-refractivity contribution in [2.24, 2.45) is 0 Å². The summed E-state index contributed by atoms with van der Waals surface area (Å²) in [6, 6.07) is 21.6. The molecule has 106 valence electrons. The van der Waals surface area contributed by atoms with Crippen LogP contribution < -0.4 is 10.1 Å². The zero-order valence-corrected chi connectivity index (χ0v) is 11.8. The van der Waals surface area contributed by atoms with E-state index in [4.69, 9.17) is 9.15 Å². The molecule has 3 aromatic rings. The SMILES string of the molecule is CC(Nc1ccccc1Oc1ccccc1)c1ccco1. The number of furan rings is 1. The maximum absolute atomic E-state index is 5.93. The Bertz CT molecular complexity index is 677. The van der Waals surface area contributed by atoms with Crippen molar-refractivity contribution in [1.29, 1.82) is 0 Å². The first kappa shape index (κ1) is 13.3. The Hall–Kier alpha value is -2.68. The van der Waals surface area contributed by atoms with Crippen LogP contribution in [-0.4, -0.2) is 0 Å². The summed E-state index contributed by atoms with van der Waals surface area (Å²) in [6.45, 7) is 2.05. The number of ether oxygens (including phenoxy) is 1. The van der Waals surface area contributed by atoms with Crippen LogP contribution in [0.1, 0.15) is 18.7 Å². The second-order valence-corrected chi connectivity index (χ2v) is 4.79. The Labute approximate surface area is 124 Å². The molecule has 0 bridgehead atoms. The molecule has 1 atom stereocenters. The molecule has 0 radical (unpaired) electrons. The van der Waals surface area contributed by atoms with E-state index in [1.807, 2.05) is 66.7 Å². The quantitative estimate of drug-likeness (QED) is 0.693. The molecule has 0 saturated carbocycles. The molecule has 21 heavy (non-hydrogen) atoms. The minimum absolute atomic E-state index is 0.0699. The van der Waals surface area contributed by atoms with Gasteiger partial charge in [0.15, 0.2) is 5.75 Å². The Morgan fingerprint density at radius 2 is 1.67 bits per heavy atom. The fourth-order valence-electron chi connectivity index (χ4n) is 2.13. The molecule has 1 unspecified atom stereocenters. The molecule has 3 rings (SSSR count). The second-order valence-electron chi connectivity index (χ2n) is 4.79. The van der Waals surface area contributed by atoms with Crippen LogP contribution in [0.4, 0.5) is 5.69 Å². The van der Waals surface area contributed by atoms with Crippen molar-refractivity contribution in [3.8, 4) is 11.5 Å². The van der Waals surface area contributed by atoms with Gasteiger partial charge < -0.3 is 14.5 Å². The summed E-state index contributed by atoms with van der Waals surface area (Å²) >= 11 is 0. The molecular formula is C18H17NO2. The zero-order chi connectivity index (χ0) is 14.5. The maximum atomic E-state index is 5.93. The number of hydrogen-bond donors (Lipinski definition) is 1. The predicted octanol–water partition coefficient (Wildman–Crippen LogP) is 5.25. The van der Waals surface area contributed by atoms with Crippen molar-refractivity contribution in [2.75, 3.05) is 5.32 Å². The van der Waals surface area contributed by atoms with Crippen LogP contribution >= 0.6 is 0 Å². The van der Waals surface area contributed by atoms with E-state index in [2.05, 4.69) is 12.2 Å². The van der Waals surface area contributed by atoms with Crippen molar-refractivity contribution < 1.29 is 9.15 Å². The van der Waals surface area contributed by atoms with Crippen LogP contribution in [0.15, 0.2) is 77.4 Å². The molecule has 0 aliphatic carbocycles. The van der Waals surface area contributed by atoms with Gasteiger partial charge in [-0.05, 0) is 43.3 Å². The van der Waals surface area contributed by atoms with Crippen molar-refractivity contribution in [3.63, 3.8) is 0 Å². The van der Waals surface area contributed by atoms with Gasteiger partial charge in [0.05, 0.1) is 18.0 Å². The van der Waals surface area contributed by atoms with Crippen LogP contribution in [0.5, 0.6) is 11.5 Å². The van der Waals surface area contributed by atoms with Gasteiger partial charge in [0.1, 0.15) is 11.5 Å². The molecule has 0 saturated heterocycles. The average molecular weight is 279 g/mol. The fourth-order valence-corrected chi connectivity index (χ4v) is 2.13. The van der Waals surface area contributed by atoms with E-state index in [9.17, 15) is 0 Å². The third-order valence-corrected chi connectivity index (χ3v) is 3.20. The molecule has 1 heterocycles. The lowest BCUT2D eigenvalue weighted by atomic mass is 10.2. The lowest BCUT2D eigenvalue weighted by Crippen LogP contribution is -2.06. The van der Waals surface area contributed by atoms with Crippen LogP contribution in [0.2, 0.25) is 0 Å². The maximum Gasteiger partial charge on any atom is 0.150 e. The first-order valence-electron chi connectivity index (χ1n) is 6.95. The monoisotopic (exact) mass is 279 g/mol. The highest BCUT2D eigenvalue weighted by atomic mass is 16.5. The largest absolute Gasteiger partial charge is 0.467 e. The number of rotatable bonds is 5. The van der Waals surface area contributed by atoms with E-state index >= 15 is 0 Å². The van der Waals surface area contributed by atoms with Gasteiger partial charge in [0.25, 0.3) is 0 Å². The standard InChI is InChI=1S/C18H17NO2/c1-14(17-12-7-13-20-17)19-16-10-5-6-11-18(16)21-15-8-3-2-4-9-15/h2-14,19H,1H3. The van der Waals surface area contributed by atoms with Crippen molar-refractivity contribution in [1.82, 2.24) is 0 Å². The molecule has 1 N–H and O–H groups in total. The van der Waals surface area contributed by atoms with Gasteiger partial charge in [0, 0.05) is 0 Å². The van der Waals surface area contributed by atoms with E-state index < -0.39 is 0 Å². The Balaban J connectivity index is 1.79. The normalized spacial score (nSPS) is 11.9. The first-order chi connectivity index (χ1) is 10.3. The van der Waals surface area contributed by atoms with Crippen LogP contribution in [0.3, 0.4) is 0 Å². The zero-order valence-electron chi connectivity index (χ0n) is 11.8. The minimum atomic E-state index is 0.0699. The van der Waals surface area contributed by atoms with Crippen LogP contribution in [0.25, 0.3) is 0 Å². The minimum Gasteiger partial charge on any atom is -0.467 e. The van der Waals surface area contributed by atoms with Gasteiger partial charge in [-0.25, -0.2) is 0 Å². The van der Waals surface area contributed by atoms with E-state index in [1.54, 1.807) is 6.26 Å². The Morgan fingerprint density at radius 1 is 0.905 bits per heavy atom. The molecular weight excluding hydrogens is 262 g/mol. The van der Waals surface area contributed by atoms with Crippen LogP contribution in [0, 0.1) is 0 Å². The Kier molecular flexibility index (Phi) is 3.92. The van der Waals surface area contributed by atoms with Gasteiger partial charge >= 0.3 is 0 Å². The second kappa shape index (κ2) is 6.18. The molecule has 0 spiro atoms. The van der Waals surface area contributed by atoms with Crippen LogP contribution in [-0.2, 0) is 0 Å². The van der Waals surface area contributed by atoms with Gasteiger partial charge in [-0.3, -0.25) is 0 Å². The highest BCUT2D eigenvalue weighted by molar-refractivity contribution is 5.58.